The molecule has 11 heteroatoms. The summed E-state index contributed by atoms with van der Waals surface area (Å²) in [7, 11) is -4.05. The van der Waals surface area contributed by atoms with Crippen molar-refractivity contribution in [3.63, 3.8) is 0 Å². The monoisotopic (exact) mass is 406 g/mol. The second-order valence-corrected chi connectivity index (χ2v) is 7.83. The van der Waals surface area contributed by atoms with Gasteiger partial charge in [-0.3, -0.25) is 14.9 Å². The summed E-state index contributed by atoms with van der Waals surface area (Å²) in [6, 6.07) is 5.08. The molecule has 1 aromatic rings. The zero-order valence-electron chi connectivity index (χ0n) is 14.1. The molecular formula is C15H23ClN4O5S. The minimum Gasteiger partial charge on any atom is -0.353 e. The first kappa shape index (κ1) is 22.3. The molecule has 0 aromatic heterocycles. The Hall–Kier alpha value is -1.75. The number of hydrogen-bond acceptors (Lipinski definition) is 6. The predicted molar refractivity (Wildman–Crippen MR) is 98.5 cm³/mol. The van der Waals surface area contributed by atoms with E-state index in [4.69, 9.17) is 5.73 Å². The minimum absolute atomic E-state index is 0. The lowest BCUT2D eigenvalue weighted by Gasteiger charge is -2.31. The van der Waals surface area contributed by atoms with Gasteiger partial charge >= 0.3 is 0 Å². The van der Waals surface area contributed by atoms with Crippen LogP contribution >= 0.6 is 12.4 Å². The van der Waals surface area contributed by atoms with Crippen molar-refractivity contribution >= 4 is 34.0 Å². The molecule has 4 N–H and O–H groups in total. The van der Waals surface area contributed by atoms with Crippen LogP contribution in [0.4, 0.5) is 5.69 Å². The highest BCUT2D eigenvalue weighted by atomic mass is 35.5. The second kappa shape index (κ2) is 9.26. The zero-order valence-corrected chi connectivity index (χ0v) is 15.8. The largest absolute Gasteiger partial charge is 0.353 e. The van der Waals surface area contributed by atoms with Crippen molar-refractivity contribution < 1.29 is 18.1 Å². The molecule has 0 unspecified atom stereocenters. The molecule has 1 amide bonds. The zero-order chi connectivity index (χ0) is 18.5. The van der Waals surface area contributed by atoms with E-state index in [0.29, 0.717) is 12.8 Å². The smallest absolute Gasteiger partial charge is 0.289 e. The van der Waals surface area contributed by atoms with Gasteiger partial charge in [0.15, 0.2) is 4.90 Å². The summed E-state index contributed by atoms with van der Waals surface area (Å²) >= 11 is 0. The fraction of sp³-hybridized carbons (Fsp3) is 0.533. The molecule has 146 valence electrons. The van der Waals surface area contributed by atoms with Crippen LogP contribution in [0.5, 0.6) is 0 Å². The molecule has 0 radical (unpaired) electrons. The molecule has 1 aromatic carbocycles. The van der Waals surface area contributed by atoms with Gasteiger partial charge in [0, 0.05) is 19.2 Å². The van der Waals surface area contributed by atoms with Gasteiger partial charge in [-0.1, -0.05) is 31.4 Å². The van der Waals surface area contributed by atoms with Crippen LogP contribution in [0.2, 0.25) is 0 Å². The average Bonchev–Trinajstić information content (AvgIpc) is 2.59. The van der Waals surface area contributed by atoms with Gasteiger partial charge in [-0.25, -0.2) is 13.1 Å². The van der Waals surface area contributed by atoms with Crippen molar-refractivity contribution in [2.75, 3.05) is 13.1 Å². The molecule has 0 saturated heterocycles. The van der Waals surface area contributed by atoms with E-state index in [-0.39, 0.29) is 31.4 Å². The molecule has 1 aliphatic carbocycles. The Balaban J connectivity index is 0.00000338. The first-order valence-electron chi connectivity index (χ1n) is 8.06. The maximum absolute atomic E-state index is 12.2. The number of para-hydroxylation sites is 1. The van der Waals surface area contributed by atoms with Gasteiger partial charge < -0.3 is 11.1 Å². The van der Waals surface area contributed by atoms with E-state index in [1.165, 1.54) is 12.1 Å². The second-order valence-electron chi connectivity index (χ2n) is 6.10. The molecule has 0 spiro atoms. The lowest BCUT2D eigenvalue weighted by molar-refractivity contribution is -0.387. The average molecular weight is 407 g/mol. The lowest BCUT2D eigenvalue weighted by atomic mass is 9.82. The van der Waals surface area contributed by atoms with Gasteiger partial charge in [-0.05, 0) is 18.9 Å². The van der Waals surface area contributed by atoms with Crippen molar-refractivity contribution in [2.45, 2.75) is 42.5 Å². The van der Waals surface area contributed by atoms with Crippen LogP contribution in [0.1, 0.15) is 32.1 Å². The number of sulfonamides is 1. The molecule has 1 aliphatic rings. The Morgan fingerprint density at radius 2 is 1.81 bits per heavy atom. The van der Waals surface area contributed by atoms with Crippen molar-refractivity contribution in [1.29, 1.82) is 0 Å². The van der Waals surface area contributed by atoms with Gasteiger partial charge in [0.2, 0.25) is 15.9 Å². The number of benzene rings is 1. The number of hydrogen-bond donors (Lipinski definition) is 3. The lowest BCUT2D eigenvalue weighted by Crippen LogP contribution is -2.55. The number of carbonyl (C=O) groups excluding carboxylic acids is 1. The van der Waals surface area contributed by atoms with E-state index in [2.05, 4.69) is 10.0 Å². The van der Waals surface area contributed by atoms with Crippen molar-refractivity contribution in [1.82, 2.24) is 10.0 Å². The van der Waals surface area contributed by atoms with Crippen LogP contribution in [-0.2, 0) is 14.8 Å². The maximum atomic E-state index is 12.2. The van der Waals surface area contributed by atoms with E-state index in [0.717, 1.165) is 31.4 Å². The summed E-state index contributed by atoms with van der Waals surface area (Å²) < 4.78 is 26.7. The van der Waals surface area contributed by atoms with E-state index in [9.17, 15) is 23.3 Å². The minimum atomic E-state index is -4.05. The molecule has 0 aliphatic heterocycles. The SMILES string of the molecule is Cl.NC1(C(=O)NCCNS(=O)(=O)c2ccccc2[N+](=O)[O-])CCCCC1. The van der Waals surface area contributed by atoms with Crippen LogP contribution in [0, 0.1) is 10.1 Å². The molecule has 1 fully saturated rings. The van der Waals surface area contributed by atoms with Crippen molar-refractivity contribution in [3.8, 4) is 0 Å². The first-order chi connectivity index (χ1) is 11.8. The molecule has 2 rings (SSSR count). The number of nitro groups is 1. The number of nitro benzene ring substituents is 1. The number of rotatable bonds is 7. The van der Waals surface area contributed by atoms with Gasteiger partial charge in [0.25, 0.3) is 5.69 Å². The molecule has 9 nitrogen and oxygen atoms in total. The normalized spacial score (nSPS) is 16.3. The van der Waals surface area contributed by atoms with E-state index >= 15 is 0 Å². The summed E-state index contributed by atoms with van der Waals surface area (Å²) in [5, 5.41) is 13.6. The molecule has 0 heterocycles. The summed E-state index contributed by atoms with van der Waals surface area (Å²) in [5.74, 6) is -0.294. The molecule has 0 bridgehead atoms. The van der Waals surface area contributed by atoms with Crippen LogP contribution in [-0.4, -0.2) is 37.9 Å². The molecular weight excluding hydrogens is 384 g/mol. The van der Waals surface area contributed by atoms with Gasteiger partial charge in [-0.15, -0.1) is 12.4 Å². The van der Waals surface area contributed by atoms with E-state index in [1.807, 2.05) is 0 Å². The Labute approximate surface area is 158 Å². The standard InChI is InChI=1S/C15H22N4O5S.ClH/c16-15(8-4-1-5-9-15)14(20)17-10-11-18-25(23,24)13-7-3-2-6-12(13)19(21)22;/h2-3,6-7,18H,1,4-5,8-11,16H2,(H,17,20);1H. The Bertz CT molecular complexity index is 750. The van der Waals surface area contributed by atoms with Crippen LogP contribution < -0.4 is 15.8 Å². The number of amides is 1. The molecule has 26 heavy (non-hydrogen) atoms. The number of nitrogens with one attached hydrogen (secondary N) is 2. The summed E-state index contributed by atoms with van der Waals surface area (Å²) in [4.78, 5) is 21.9. The summed E-state index contributed by atoms with van der Waals surface area (Å²) in [6.45, 7) is -0.0339. The van der Waals surface area contributed by atoms with Crippen molar-refractivity contribution in [2.24, 2.45) is 5.73 Å². The van der Waals surface area contributed by atoms with Gasteiger partial charge in [0.1, 0.15) is 0 Å². The fourth-order valence-corrected chi connectivity index (χ4v) is 4.06. The topological polar surface area (TPSA) is 144 Å². The Kier molecular flexibility index (Phi) is 7.94. The number of carbonyl (C=O) groups is 1. The third-order valence-electron chi connectivity index (χ3n) is 4.25. The maximum Gasteiger partial charge on any atom is 0.289 e. The van der Waals surface area contributed by atoms with Gasteiger partial charge in [0.05, 0.1) is 10.5 Å². The highest BCUT2D eigenvalue weighted by molar-refractivity contribution is 7.89. The summed E-state index contributed by atoms with van der Waals surface area (Å²) in [5.41, 5.74) is 4.70. The Morgan fingerprint density at radius 3 is 2.42 bits per heavy atom. The predicted octanol–water partition coefficient (Wildman–Crippen LogP) is 1.07. The van der Waals surface area contributed by atoms with E-state index in [1.54, 1.807) is 0 Å². The molecule has 1 saturated carbocycles. The van der Waals surface area contributed by atoms with Crippen LogP contribution in [0.3, 0.4) is 0 Å². The van der Waals surface area contributed by atoms with Crippen LogP contribution in [0.15, 0.2) is 29.2 Å². The number of nitrogens with zero attached hydrogens (tertiary/aromatic N) is 1. The van der Waals surface area contributed by atoms with Crippen LogP contribution in [0.25, 0.3) is 0 Å². The highest BCUT2D eigenvalue weighted by Crippen LogP contribution is 2.26. The third kappa shape index (κ3) is 5.37. The third-order valence-corrected chi connectivity index (χ3v) is 5.76. The molecule has 0 atom stereocenters. The Morgan fingerprint density at radius 1 is 1.19 bits per heavy atom. The fourth-order valence-electron chi connectivity index (χ4n) is 2.86. The first-order valence-corrected chi connectivity index (χ1v) is 9.55. The van der Waals surface area contributed by atoms with Gasteiger partial charge in [-0.2, -0.15) is 0 Å². The van der Waals surface area contributed by atoms with E-state index < -0.39 is 31.1 Å². The summed E-state index contributed by atoms with van der Waals surface area (Å²) in [6.07, 6.45) is 4.08. The van der Waals surface area contributed by atoms with Crippen molar-refractivity contribution in [3.05, 3.63) is 34.4 Å². The highest BCUT2D eigenvalue weighted by Gasteiger charge is 2.35. The number of nitrogens with two attached hydrogens (primary N) is 1. The quantitative estimate of drug-likeness (QED) is 0.351. The number of halogens is 1.